The molecular weight excluding hydrogens is 663 g/mol. The minimum atomic E-state index is -0.837. The predicted octanol–water partition coefficient (Wildman–Crippen LogP) is 4.36. The highest BCUT2D eigenvalue weighted by atomic mass is 127. The average molecular weight is 679 g/mol. The second-order valence-electron chi connectivity index (χ2n) is 5.82. The summed E-state index contributed by atoms with van der Waals surface area (Å²) in [4.78, 5) is 37.8. The second kappa shape index (κ2) is 8.19. The van der Waals surface area contributed by atoms with Gasteiger partial charge in [0, 0.05) is 21.9 Å². The summed E-state index contributed by atoms with van der Waals surface area (Å²) in [6.07, 6.45) is 0.887. The zero-order valence-corrected chi connectivity index (χ0v) is 20.3. The van der Waals surface area contributed by atoms with Crippen LogP contribution < -0.4 is 4.90 Å². The number of carboxylic acids is 1. The second-order valence-corrected chi connectivity index (χ2v) is 9.23. The minimum absolute atomic E-state index is 0.309. The Balaban J connectivity index is 2.58. The highest BCUT2D eigenvalue weighted by Gasteiger charge is 2.37. The number of nitrogens with zero attached hydrogens (tertiary/aromatic N) is 1. The summed E-state index contributed by atoms with van der Waals surface area (Å²) >= 11 is 6.42. The third kappa shape index (κ3) is 3.89. The van der Waals surface area contributed by atoms with Gasteiger partial charge < -0.3 is 5.11 Å². The maximum absolute atomic E-state index is 12.6. The first kappa shape index (κ1) is 21.1. The van der Waals surface area contributed by atoms with Crippen LogP contribution in [0.15, 0.2) is 17.2 Å². The molecule has 0 saturated carbocycles. The third-order valence-electron chi connectivity index (χ3n) is 4.37. The molecule has 0 saturated heterocycles. The van der Waals surface area contributed by atoms with Crippen molar-refractivity contribution in [2.24, 2.45) is 5.92 Å². The van der Waals surface area contributed by atoms with E-state index in [4.69, 9.17) is 0 Å². The number of carbonyl (C=O) groups is 3. The summed E-state index contributed by atoms with van der Waals surface area (Å²) in [5.41, 5.74) is 2.33. The maximum atomic E-state index is 12.6. The topological polar surface area (TPSA) is 74.7 Å². The lowest BCUT2D eigenvalue weighted by Gasteiger charge is -2.22. The van der Waals surface area contributed by atoms with E-state index >= 15 is 0 Å². The molecule has 1 N–H and O–H groups in total. The first-order valence-electron chi connectivity index (χ1n) is 7.57. The van der Waals surface area contributed by atoms with E-state index in [9.17, 15) is 19.5 Å². The van der Waals surface area contributed by atoms with Crippen LogP contribution in [0.3, 0.4) is 0 Å². The van der Waals surface area contributed by atoms with E-state index in [1.54, 1.807) is 13.8 Å². The number of carbonyl (C=O) groups excluding carboxylic acids is 2. The molecule has 2 rings (SSSR count). The van der Waals surface area contributed by atoms with Crippen LogP contribution >= 0.6 is 67.8 Å². The summed E-state index contributed by atoms with van der Waals surface area (Å²) in [7, 11) is 0. The zero-order valence-electron chi connectivity index (χ0n) is 13.8. The monoisotopic (exact) mass is 679 g/mol. The molecule has 8 heteroatoms. The van der Waals surface area contributed by atoms with Crippen molar-refractivity contribution >= 4 is 91.2 Å². The SMILES string of the molecule is CCC(Cc1c(I)cc(I)c(N2C(=O)C(C)=C(C)C2=O)c1I)C(=O)O. The average Bonchev–Trinajstić information content (AvgIpc) is 2.72. The summed E-state index contributed by atoms with van der Waals surface area (Å²) in [5, 5.41) is 9.37. The number of hydrogen-bond donors (Lipinski definition) is 1. The molecule has 25 heavy (non-hydrogen) atoms. The predicted molar refractivity (Wildman–Crippen MR) is 121 cm³/mol. The molecule has 1 atom stereocenters. The van der Waals surface area contributed by atoms with Gasteiger partial charge in [0.05, 0.1) is 11.6 Å². The smallest absolute Gasteiger partial charge is 0.306 e. The lowest BCUT2D eigenvalue weighted by atomic mass is 9.96. The molecule has 1 heterocycles. The first-order chi connectivity index (χ1) is 11.6. The number of anilines is 1. The van der Waals surface area contributed by atoms with Crippen LogP contribution in [0, 0.1) is 16.6 Å². The van der Waals surface area contributed by atoms with E-state index in [1.165, 1.54) is 4.90 Å². The molecule has 0 radical (unpaired) electrons. The van der Waals surface area contributed by atoms with Crippen molar-refractivity contribution in [3.05, 3.63) is 33.5 Å². The molecule has 0 spiro atoms. The Morgan fingerprint density at radius 3 is 2.08 bits per heavy atom. The number of imide groups is 1. The summed E-state index contributed by atoms with van der Waals surface area (Å²) < 4.78 is 2.50. The van der Waals surface area contributed by atoms with Crippen molar-refractivity contribution < 1.29 is 19.5 Å². The molecule has 0 aromatic heterocycles. The molecule has 0 bridgehead atoms. The van der Waals surface area contributed by atoms with Crippen molar-refractivity contribution in [2.75, 3.05) is 4.90 Å². The van der Waals surface area contributed by atoms with Crippen molar-refractivity contribution in [3.8, 4) is 0 Å². The fraction of sp³-hybridized carbons (Fsp3) is 0.353. The Bertz CT molecular complexity index is 793. The van der Waals surface area contributed by atoms with Crippen LogP contribution in [0.25, 0.3) is 0 Å². The molecule has 1 aliphatic rings. The van der Waals surface area contributed by atoms with Crippen LogP contribution in [0.2, 0.25) is 0 Å². The number of benzene rings is 1. The Kier molecular flexibility index (Phi) is 6.90. The van der Waals surface area contributed by atoms with Gasteiger partial charge in [0.25, 0.3) is 11.8 Å². The molecule has 5 nitrogen and oxygen atoms in total. The fourth-order valence-corrected chi connectivity index (χ4v) is 6.91. The highest BCUT2D eigenvalue weighted by Crippen LogP contribution is 2.38. The van der Waals surface area contributed by atoms with E-state index in [1.807, 2.05) is 13.0 Å². The molecule has 1 unspecified atom stereocenters. The number of hydrogen-bond acceptors (Lipinski definition) is 3. The number of carboxylic acid groups (broad SMARTS) is 1. The van der Waals surface area contributed by atoms with Gasteiger partial charge in [-0.2, -0.15) is 0 Å². The van der Waals surface area contributed by atoms with Gasteiger partial charge in [-0.1, -0.05) is 6.92 Å². The highest BCUT2D eigenvalue weighted by molar-refractivity contribution is 14.1. The van der Waals surface area contributed by atoms with Crippen molar-refractivity contribution in [2.45, 2.75) is 33.6 Å². The van der Waals surface area contributed by atoms with Crippen molar-refractivity contribution in [1.29, 1.82) is 0 Å². The van der Waals surface area contributed by atoms with Crippen LogP contribution in [0.5, 0.6) is 0 Å². The fourth-order valence-electron chi connectivity index (χ4n) is 2.62. The largest absolute Gasteiger partial charge is 0.481 e. The number of halogens is 3. The molecule has 1 aromatic carbocycles. The van der Waals surface area contributed by atoms with E-state index < -0.39 is 11.9 Å². The van der Waals surface area contributed by atoms with Gasteiger partial charge >= 0.3 is 5.97 Å². The molecule has 1 aliphatic heterocycles. The summed E-state index contributed by atoms with van der Waals surface area (Å²) in [6.45, 7) is 5.15. The standard InChI is InChI=1S/C17H16I3NO4/c1-4-9(17(24)25)5-10-11(18)6-12(19)14(13(10)20)21-15(22)7(2)8(3)16(21)23/h6,9H,4-5H2,1-3H3,(H,24,25). The maximum Gasteiger partial charge on any atom is 0.306 e. The Hall–Kier alpha value is -0.240. The first-order valence-corrected chi connectivity index (χ1v) is 10.8. The van der Waals surface area contributed by atoms with Crippen molar-refractivity contribution in [3.63, 3.8) is 0 Å². The lowest BCUT2D eigenvalue weighted by molar-refractivity contribution is -0.141. The molecule has 0 aliphatic carbocycles. The van der Waals surface area contributed by atoms with Gasteiger partial charge in [0.1, 0.15) is 0 Å². The Labute approximate surface area is 187 Å². The molecule has 134 valence electrons. The Morgan fingerprint density at radius 2 is 1.64 bits per heavy atom. The van der Waals surface area contributed by atoms with E-state index in [2.05, 4.69) is 67.8 Å². The number of rotatable bonds is 5. The van der Waals surface area contributed by atoms with Gasteiger partial charge in [-0.3, -0.25) is 14.4 Å². The van der Waals surface area contributed by atoms with Gasteiger partial charge in [0.2, 0.25) is 0 Å². The van der Waals surface area contributed by atoms with Gasteiger partial charge in [0.15, 0.2) is 0 Å². The zero-order chi connectivity index (χ0) is 19.0. The quantitative estimate of drug-likeness (QED) is 0.371. The normalized spacial score (nSPS) is 16.0. The molecule has 2 amide bonds. The van der Waals surface area contributed by atoms with Crippen LogP contribution in [-0.2, 0) is 20.8 Å². The van der Waals surface area contributed by atoms with E-state index in [0.717, 1.165) is 16.3 Å². The minimum Gasteiger partial charge on any atom is -0.481 e. The summed E-state index contributed by atoms with van der Waals surface area (Å²) in [5.74, 6) is -1.95. The number of aliphatic carboxylic acids is 1. The van der Waals surface area contributed by atoms with Crippen molar-refractivity contribution in [1.82, 2.24) is 0 Å². The van der Waals surface area contributed by atoms with E-state index in [-0.39, 0.29) is 11.8 Å². The number of amides is 2. The van der Waals surface area contributed by atoms with Gasteiger partial charge in [-0.15, -0.1) is 0 Å². The molecule has 1 aromatic rings. The van der Waals surface area contributed by atoms with Crippen LogP contribution in [-0.4, -0.2) is 22.9 Å². The third-order valence-corrected chi connectivity index (χ3v) is 7.31. The Morgan fingerprint density at radius 1 is 1.12 bits per heavy atom. The van der Waals surface area contributed by atoms with E-state index in [0.29, 0.717) is 29.7 Å². The van der Waals surface area contributed by atoms with Gasteiger partial charge in [-0.05, 0) is 106 Å². The molecular formula is C17H16I3NO4. The summed E-state index contributed by atoms with van der Waals surface area (Å²) in [6, 6.07) is 1.89. The van der Waals surface area contributed by atoms with Crippen LogP contribution in [0.1, 0.15) is 32.8 Å². The van der Waals surface area contributed by atoms with Gasteiger partial charge in [-0.25, -0.2) is 4.90 Å². The van der Waals surface area contributed by atoms with Crippen LogP contribution in [0.4, 0.5) is 5.69 Å². The molecule has 0 fully saturated rings. The lowest BCUT2D eigenvalue weighted by Crippen LogP contribution is -2.33.